The number of H-pyrrole nitrogens is 1. The fourth-order valence-electron chi connectivity index (χ4n) is 1.24. The molecular formula is C10H10N6OS. The molecule has 0 bridgehead atoms. The number of rotatable bonds is 4. The van der Waals surface area contributed by atoms with Gasteiger partial charge in [-0.3, -0.25) is 14.9 Å². The number of carbonyl (C=O) groups is 1. The maximum atomic E-state index is 11.7. The third kappa shape index (κ3) is 2.86. The number of aromatic nitrogens is 4. The SMILES string of the molecule is NC(=S)c1ccc(C(=O)NCc2ncn[nH]2)nc1. The lowest BCUT2D eigenvalue weighted by Gasteiger charge is -2.03. The Bertz CT molecular complexity index is 550. The van der Waals surface area contributed by atoms with E-state index in [0.717, 1.165) is 0 Å². The summed E-state index contributed by atoms with van der Waals surface area (Å²) in [5, 5.41) is 8.96. The van der Waals surface area contributed by atoms with Gasteiger partial charge in [0.2, 0.25) is 0 Å². The van der Waals surface area contributed by atoms with E-state index in [0.29, 0.717) is 11.4 Å². The van der Waals surface area contributed by atoms with Gasteiger partial charge in [0.15, 0.2) is 0 Å². The molecule has 0 saturated heterocycles. The molecule has 0 radical (unpaired) electrons. The Morgan fingerprint density at radius 3 is 2.83 bits per heavy atom. The molecule has 0 spiro atoms. The van der Waals surface area contributed by atoms with Crippen molar-refractivity contribution < 1.29 is 4.79 Å². The van der Waals surface area contributed by atoms with Gasteiger partial charge in [0.05, 0.1) is 6.54 Å². The maximum Gasteiger partial charge on any atom is 0.270 e. The summed E-state index contributed by atoms with van der Waals surface area (Å²) in [4.78, 5) is 19.8. The largest absolute Gasteiger partial charge is 0.389 e. The zero-order chi connectivity index (χ0) is 13.0. The lowest BCUT2D eigenvalue weighted by atomic mass is 10.2. The Morgan fingerprint density at radius 1 is 1.44 bits per heavy atom. The fourth-order valence-corrected chi connectivity index (χ4v) is 1.37. The van der Waals surface area contributed by atoms with Gasteiger partial charge >= 0.3 is 0 Å². The van der Waals surface area contributed by atoms with Crippen LogP contribution in [0.5, 0.6) is 0 Å². The molecule has 92 valence electrons. The van der Waals surface area contributed by atoms with Crippen LogP contribution in [0.2, 0.25) is 0 Å². The second-order valence-electron chi connectivity index (χ2n) is 3.41. The van der Waals surface area contributed by atoms with E-state index in [1.54, 1.807) is 12.1 Å². The number of nitrogens with two attached hydrogens (primary N) is 1. The number of aromatic amines is 1. The van der Waals surface area contributed by atoms with Gasteiger partial charge in [-0.05, 0) is 12.1 Å². The van der Waals surface area contributed by atoms with Crippen molar-refractivity contribution in [3.8, 4) is 0 Å². The maximum absolute atomic E-state index is 11.7. The number of carbonyl (C=O) groups excluding carboxylic acids is 1. The van der Waals surface area contributed by atoms with Crippen LogP contribution < -0.4 is 11.1 Å². The quantitative estimate of drug-likeness (QED) is 0.656. The summed E-state index contributed by atoms with van der Waals surface area (Å²) in [6.45, 7) is 0.261. The van der Waals surface area contributed by atoms with Gasteiger partial charge in [-0.15, -0.1) is 0 Å². The van der Waals surface area contributed by atoms with Crippen LogP contribution in [0.4, 0.5) is 0 Å². The molecule has 0 fully saturated rings. The Hall–Kier alpha value is -2.35. The zero-order valence-corrected chi connectivity index (χ0v) is 10.1. The minimum atomic E-state index is -0.305. The van der Waals surface area contributed by atoms with Crippen molar-refractivity contribution in [1.29, 1.82) is 0 Å². The highest BCUT2D eigenvalue weighted by Gasteiger charge is 2.08. The van der Waals surface area contributed by atoms with Crippen molar-refractivity contribution in [2.45, 2.75) is 6.54 Å². The Morgan fingerprint density at radius 2 is 2.28 bits per heavy atom. The molecule has 7 nitrogen and oxygen atoms in total. The Balaban J connectivity index is 1.98. The monoisotopic (exact) mass is 262 g/mol. The smallest absolute Gasteiger partial charge is 0.270 e. The van der Waals surface area contributed by atoms with E-state index in [1.807, 2.05) is 0 Å². The summed E-state index contributed by atoms with van der Waals surface area (Å²) in [6.07, 6.45) is 2.84. The third-order valence-electron chi connectivity index (χ3n) is 2.16. The second kappa shape index (κ2) is 5.32. The number of hydrogen-bond acceptors (Lipinski definition) is 5. The van der Waals surface area contributed by atoms with Gasteiger partial charge in [0, 0.05) is 11.8 Å². The van der Waals surface area contributed by atoms with Gasteiger partial charge in [0.1, 0.15) is 22.8 Å². The molecule has 0 aliphatic heterocycles. The molecule has 2 aromatic heterocycles. The van der Waals surface area contributed by atoms with E-state index in [4.69, 9.17) is 18.0 Å². The van der Waals surface area contributed by atoms with Crippen LogP contribution in [0.1, 0.15) is 21.9 Å². The van der Waals surface area contributed by atoms with Crippen molar-refractivity contribution in [3.05, 3.63) is 41.7 Å². The average molecular weight is 262 g/mol. The highest BCUT2D eigenvalue weighted by molar-refractivity contribution is 7.80. The van der Waals surface area contributed by atoms with Crippen molar-refractivity contribution >= 4 is 23.1 Å². The fraction of sp³-hybridized carbons (Fsp3) is 0.100. The normalized spacial score (nSPS) is 10.0. The first kappa shape index (κ1) is 12.1. The van der Waals surface area contributed by atoms with E-state index in [2.05, 4.69) is 25.5 Å². The minimum absolute atomic E-state index is 0.246. The minimum Gasteiger partial charge on any atom is -0.389 e. The molecule has 8 heteroatoms. The van der Waals surface area contributed by atoms with Crippen LogP contribution in [-0.2, 0) is 6.54 Å². The molecule has 4 N–H and O–H groups in total. The molecule has 2 heterocycles. The highest BCUT2D eigenvalue weighted by atomic mass is 32.1. The molecular weight excluding hydrogens is 252 g/mol. The number of thiocarbonyl (C=S) groups is 1. The summed E-state index contributed by atoms with van der Waals surface area (Å²) >= 11 is 4.79. The van der Waals surface area contributed by atoms with Crippen molar-refractivity contribution in [2.24, 2.45) is 5.73 Å². The predicted molar refractivity (Wildman–Crippen MR) is 67.7 cm³/mol. The van der Waals surface area contributed by atoms with E-state index in [9.17, 15) is 4.79 Å². The van der Waals surface area contributed by atoms with Gasteiger partial charge in [-0.1, -0.05) is 12.2 Å². The first-order chi connectivity index (χ1) is 8.66. The molecule has 2 rings (SSSR count). The molecule has 2 aromatic rings. The van der Waals surface area contributed by atoms with E-state index in [1.165, 1.54) is 12.5 Å². The molecule has 0 aliphatic carbocycles. The first-order valence-electron chi connectivity index (χ1n) is 5.05. The predicted octanol–water partition coefficient (Wildman–Crippen LogP) is -0.236. The molecule has 1 amide bonds. The number of hydrogen-bond donors (Lipinski definition) is 3. The lowest BCUT2D eigenvalue weighted by molar-refractivity contribution is 0.0945. The van der Waals surface area contributed by atoms with Crippen LogP contribution in [0.25, 0.3) is 0 Å². The van der Waals surface area contributed by atoms with Gasteiger partial charge < -0.3 is 11.1 Å². The van der Waals surface area contributed by atoms with Crippen LogP contribution in [0, 0.1) is 0 Å². The average Bonchev–Trinajstić information content (AvgIpc) is 2.89. The number of pyridine rings is 1. The summed E-state index contributed by atoms with van der Waals surface area (Å²) in [6, 6.07) is 3.21. The Kier molecular flexibility index (Phi) is 3.58. The van der Waals surface area contributed by atoms with Gasteiger partial charge in [-0.2, -0.15) is 5.10 Å². The first-order valence-corrected chi connectivity index (χ1v) is 5.46. The van der Waals surface area contributed by atoms with Crippen molar-refractivity contribution in [2.75, 3.05) is 0 Å². The molecule has 0 unspecified atom stereocenters. The summed E-state index contributed by atoms with van der Waals surface area (Å²) in [7, 11) is 0. The van der Waals surface area contributed by atoms with Crippen LogP contribution in [-0.4, -0.2) is 31.1 Å². The molecule has 0 aromatic carbocycles. The number of amides is 1. The summed E-state index contributed by atoms with van der Waals surface area (Å²) in [5.41, 5.74) is 6.34. The van der Waals surface area contributed by atoms with Gasteiger partial charge in [-0.25, -0.2) is 4.98 Å². The van der Waals surface area contributed by atoms with Crippen LogP contribution in [0.15, 0.2) is 24.7 Å². The van der Waals surface area contributed by atoms with Gasteiger partial charge in [0.25, 0.3) is 5.91 Å². The molecule has 18 heavy (non-hydrogen) atoms. The van der Waals surface area contributed by atoms with Crippen LogP contribution >= 0.6 is 12.2 Å². The second-order valence-corrected chi connectivity index (χ2v) is 3.85. The number of nitrogens with one attached hydrogen (secondary N) is 2. The summed E-state index contributed by atoms with van der Waals surface area (Å²) < 4.78 is 0. The van der Waals surface area contributed by atoms with E-state index >= 15 is 0 Å². The lowest BCUT2D eigenvalue weighted by Crippen LogP contribution is -2.24. The van der Waals surface area contributed by atoms with Crippen molar-refractivity contribution in [3.63, 3.8) is 0 Å². The highest BCUT2D eigenvalue weighted by Crippen LogP contribution is 2.00. The summed E-state index contributed by atoms with van der Waals surface area (Å²) in [5.74, 6) is 0.268. The molecule has 0 atom stereocenters. The third-order valence-corrected chi connectivity index (χ3v) is 2.40. The van der Waals surface area contributed by atoms with Crippen molar-refractivity contribution in [1.82, 2.24) is 25.5 Å². The number of nitrogens with zero attached hydrogens (tertiary/aromatic N) is 3. The molecule has 0 saturated carbocycles. The van der Waals surface area contributed by atoms with E-state index in [-0.39, 0.29) is 23.1 Å². The Labute approximate surface area is 108 Å². The topological polar surface area (TPSA) is 110 Å². The molecule has 0 aliphatic rings. The standard InChI is InChI=1S/C10H10N6OS/c11-9(18)6-1-2-7(12-3-6)10(17)13-4-8-14-5-15-16-8/h1-3,5H,4H2,(H2,11,18)(H,13,17)(H,14,15,16). The zero-order valence-electron chi connectivity index (χ0n) is 9.25. The van der Waals surface area contributed by atoms with E-state index < -0.39 is 0 Å². The van der Waals surface area contributed by atoms with Crippen LogP contribution in [0.3, 0.4) is 0 Å².